The van der Waals surface area contributed by atoms with Crippen LogP contribution in [0.4, 0.5) is 10.1 Å². The van der Waals surface area contributed by atoms with Crippen LogP contribution in [0.25, 0.3) is 5.69 Å². The highest BCUT2D eigenvalue weighted by molar-refractivity contribution is 5.84. The molecule has 0 atom stereocenters. The van der Waals surface area contributed by atoms with Crippen molar-refractivity contribution in [2.75, 3.05) is 0 Å². The topological polar surface area (TPSA) is 17.3 Å². The second-order valence-corrected chi connectivity index (χ2v) is 5.89. The molecule has 0 bridgehead atoms. The van der Waals surface area contributed by atoms with E-state index >= 15 is 0 Å². The predicted molar refractivity (Wildman–Crippen MR) is 98.3 cm³/mol. The van der Waals surface area contributed by atoms with Gasteiger partial charge in [0.25, 0.3) is 0 Å². The molecule has 122 valence electrons. The Labute approximate surface area is 142 Å². The van der Waals surface area contributed by atoms with Crippen molar-refractivity contribution in [2.45, 2.75) is 27.2 Å². The molecular weight excluding hydrogens is 299 g/mol. The van der Waals surface area contributed by atoms with Crippen LogP contribution in [0.1, 0.15) is 29.4 Å². The Morgan fingerprint density at radius 3 is 2.42 bits per heavy atom. The maximum Gasteiger partial charge on any atom is 0.148 e. The van der Waals surface area contributed by atoms with Crippen LogP contribution in [-0.2, 0) is 6.42 Å². The van der Waals surface area contributed by atoms with Crippen molar-refractivity contribution in [3.63, 3.8) is 0 Å². The van der Waals surface area contributed by atoms with Crippen molar-refractivity contribution in [1.29, 1.82) is 0 Å². The van der Waals surface area contributed by atoms with Gasteiger partial charge in [-0.1, -0.05) is 31.2 Å². The molecule has 24 heavy (non-hydrogen) atoms. The Morgan fingerprint density at radius 1 is 1.04 bits per heavy atom. The first-order chi connectivity index (χ1) is 11.6. The number of aliphatic imine (C=N–C) groups is 1. The summed E-state index contributed by atoms with van der Waals surface area (Å²) in [6, 6.07) is 17.2. The number of halogens is 1. The van der Waals surface area contributed by atoms with Crippen molar-refractivity contribution in [3.8, 4) is 5.69 Å². The normalized spacial score (nSPS) is 11.3. The van der Waals surface area contributed by atoms with Gasteiger partial charge in [-0.15, -0.1) is 0 Å². The molecule has 0 saturated carbocycles. The fourth-order valence-corrected chi connectivity index (χ4v) is 2.89. The lowest BCUT2D eigenvalue weighted by molar-refractivity contribution is 0.630. The van der Waals surface area contributed by atoms with E-state index in [-0.39, 0.29) is 5.82 Å². The molecule has 0 aliphatic rings. The van der Waals surface area contributed by atoms with Crippen LogP contribution >= 0.6 is 0 Å². The summed E-state index contributed by atoms with van der Waals surface area (Å²) in [5.41, 5.74) is 6.03. The molecule has 3 aromatic rings. The average Bonchev–Trinajstić information content (AvgIpc) is 2.88. The van der Waals surface area contributed by atoms with Crippen molar-refractivity contribution in [3.05, 3.63) is 82.9 Å². The van der Waals surface area contributed by atoms with Crippen molar-refractivity contribution >= 4 is 11.9 Å². The number of hydrogen-bond donors (Lipinski definition) is 0. The third-order valence-electron chi connectivity index (χ3n) is 4.27. The minimum absolute atomic E-state index is 0.308. The molecule has 3 rings (SSSR count). The number of hydrogen-bond acceptors (Lipinski definition) is 1. The fraction of sp³-hybridized carbons (Fsp3) is 0.190. The van der Waals surface area contributed by atoms with E-state index in [4.69, 9.17) is 0 Å². The molecule has 2 aromatic carbocycles. The second kappa shape index (κ2) is 6.83. The minimum Gasteiger partial charge on any atom is -0.318 e. The second-order valence-electron chi connectivity index (χ2n) is 5.89. The zero-order chi connectivity index (χ0) is 17.1. The van der Waals surface area contributed by atoms with Crippen LogP contribution in [0.15, 0.2) is 59.6 Å². The summed E-state index contributed by atoms with van der Waals surface area (Å²) in [6.45, 7) is 6.28. The van der Waals surface area contributed by atoms with Crippen LogP contribution in [0, 0.1) is 19.7 Å². The summed E-state index contributed by atoms with van der Waals surface area (Å²) in [7, 11) is 0. The van der Waals surface area contributed by atoms with E-state index in [0.717, 1.165) is 29.1 Å². The SMILES string of the molecule is CCc1ccc(-n2c(C)cc(C=Nc3ccccc3F)c2C)cc1. The Hall–Kier alpha value is -2.68. The fourth-order valence-electron chi connectivity index (χ4n) is 2.89. The highest BCUT2D eigenvalue weighted by atomic mass is 19.1. The molecule has 0 unspecified atom stereocenters. The first-order valence-electron chi connectivity index (χ1n) is 8.17. The molecule has 0 fully saturated rings. The Bertz CT molecular complexity index is 873. The van der Waals surface area contributed by atoms with Crippen LogP contribution < -0.4 is 0 Å². The quantitative estimate of drug-likeness (QED) is 0.561. The van der Waals surface area contributed by atoms with Gasteiger partial charge < -0.3 is 4.57 Å². The number of para-hydroxylation sites is 1. The largest absolute Gasteiger partial charge is 0.318 e. The highest BCUT2D eigenvalue weighted by Gasteiger charge is 2.09. The molecule has 0 spiro atoms. The van der Waals surface area contributed by atoms with E-state index in [0.29, 0.717) is 5.69 Å². The third kappa shape index (κ3) is 3.16. The number of aromatic nitrogens is 1. The molecule has 0 N–H and O–H groups in total. The van der Waals surface area contributed by atoms with E-state index in [2.05, 4.69) is 60.7 Å². The van der Waals surface area contributed by atoms with Gasteiger partial charge in [-0.05, 0) is 56.2 Å². The van der Waals surface area contributed by atoms with Crippen LogP contribution in [0.2, 0.25) is 0 Å². The maximum atomic E-state index is 13.7. The molecule has 0 radical (unpaired) electrons. The predicted octanol–water partition coefficient (Wildman–Crippen LogP) is 5.55. The summed E-state index contributed by atoms with van der Waals surface area (Å²) in [5, 5.41) is 0. The van der Waals surface area contributed by atoms with Crippen LogP contribution in [0.3, 0.4) is 0 Å². The van der Waals surface area contributed by atoms with E-state index in [1.807, 2.05) is 0 Å². The first-order valence-corrected chi connectivity index (χ1v) is 8.17. The Kier molecular flexibility index (Phi) is 4.61. The standard InChI is InChI=1S/C21H21FN2/c1-4-17-9-11-19(12-10-17)24-15(2)13-18(16(24)3)14-23-21-8-6-5-7-20(21)22/h5-14H,4H2,1-3H3. The van der Waals surface area contributed by atoms with Gasteiger partial charge >= 0.3 is 0 Å². The molecule has 1 aromatic heterocycles. The minimum atomic E-state index is -0.308. The van der Waals surface area contributed by atoms with E-state index in [1.165, 1.54) is 11.6 Å². The van der Waals surface area contributed by atoms with Gasteiger partial charge in [0.15, 0.2) is 0 Å². The number of rotatable bonds is 4. The lowest BCUT2D eigenvalue weighted by Crippen LogP contribution is -1.99. The zero-order valence-corrected chi connectivity index (χ0v) is 14.3. The molecule has 3 heteroatoms. The van der Waals surface area contributed by atoms with Crippen molar-refractivity contribution in [1.82, 2.24) is 4.57 Å². The summed E-state index contributed by atoms with van der Waals surface area (Å²) in [5.74, 6) is -0.308. The number of benzene rings is 2. The van der Waals surface area contributed by atoms with Gasteiger partial charge in [0.1, 0.15) is 5.82 Å². The molecule has 0 saturated heterocycles. The Balaban J connectivity index is 1.95. The van der Waals surface area contributed by atoms with Gasteiger partial charge in [0.2, 0.25) is 0 Å². The van der Waals surface area contributed by atoms with Gasteiger partial charge in [-0.3, -0.25) is 4.99 Å². The third-order valence-corrected chi connectivity index (χ3v) is 4.27. The van der Waals surface area contributed by atoms with Gasteiger partial charge in [0.05, 0.1) is 5.69 Å². The molecule has 2 nitrogen and oxygen atoms in total. The van der Waals surface area contributed by atoms with Gasteiger partial charge in [-0.25, -0.2) is 4.39 Å². The lowest BCUT2D eigenvalue weighted by Gasteiger charge is -2.10. The average molecular weight is 320 g/mol. The summed E-state index contributed by atoms with van der Waals surface area (Å²) >= 11 is 0. The first kappa shape index (κ1) is 16.2. The van der Waals surface area contributed by atoms with Gasteiger partial charge in [-0.2, -0.15) is 0 Å². The highest BCUT2D eigenvalue weighted by Crippen LogP contribution is 2.22. The summed E-state index contributed by atoms with van der Waals surface area (Å²) in [4.78, 5) is 4.30. The summed E-state index contributed by atoms with van der Waals surface area (Å²) in [6.07, 6.45) is 2.77. The zero-order valence-electron chi connectivity index (χ0n) is 14.3. The van der Waals surface area contributed by atoms with Crippen molar-refractivity contribution < 1.29 is 4.39 Å². The number of aryl methyl sites for hydroxylation is 2. The van der Waals surface area contributed by atoms with E-state index < -0.39 is 0 Å². The number of nitrogens with zero attached hydrogens (tertiary/aromatic N) is 2. The summed E-state index contributed by atoms with van der Waals surface area (Å²) < 4.78 is 15.9. The molecule has 1 heterocycles. The molecule has 0 aliphatic carbocycles. The smallest absolute Gasteiger partial charge is 0.148 e. The van der Waals surface area contributed by atoms with Crippen LogP contribution in [-0.4, -0.2) is 10.8 Å². The molecule has 0 amide bonds. The van der Waals surface area contributed by atoms with Gasteiger partial charge in [0, 0.05) is 28.9 Å². The monoisotopic (exact) mass is 320 g/mol. The Morgan fingerprint density at radius 2 is 1.75 bits per heavy atom. The lowest BCUT2D eigenvalue weighted by atomic mass is 10.1. The molecular formula is C21H21FN2. The maximum absolute atomic E-state index is 13.7. The van der Waals surface area contributed by atoms with Crippen LogP contribution in [0.5, 0.6) is 0 Å². The van der Waals surface area contributed by atoms with Crippen molar-refractivity contribution in [2.24, 2.45) is 4.99 Å². The van der Waals surface area contributed by atoms with E-state index in [9.17, 15) is 4.39 Å². The van der Waals surface area contributed by atoms with E-state index in [1.54, 1.807) is 24.4 Å². The molecule has 0 aliphatic heterocycles.